The van der Waals surface area contributed by atoms with Gasteiger partial charge in [0.25, 0.3) is 5.91 Å². The molecule has 0 saturated heterocycles. The van der Waals surface area contributed by atoms with Crippen molar-refractivity contribution >= 4 is 11.7 Å². The highest BCUT2D eigenvalue weighted by Crippen LogP contribution is 2.15. The van der Waals surface area contributed by atoms with Crippen molar-refractivity contribution in [1.82, 2.24) is 15.2 Å². The van der Waals surface area contributed by atoms with E-state index in [9.17, 15) is 4.79 Å². The number of nitrogens with one attached hydrogen (secondary N) is 2. The van der Waals surface area contributed by atoms with E-state index in [0.29, 0.717) is 17.3 Å². The summed E-state index contributed by atoms with van der Waals surface area (Å²) < 4.78 is 0. The van der Waals surface area contributed by atoms with Crippen molar-refractivity contribution in [1.29, 1.82) is 0 Å². The molecule has 18 heavy (non-hydrogen) atoms. The van der Waals surface area contributed by atoms with Crippen LogP contribution in [0.15, 0.2) is 24.5 Å². The molecule has 0 aliphatic heterocycles. The first-order valence-electron chi connectivity index (χ1n) is 5.84. The van der Waals surface area contributed by atoms with Gasteiger partial charge in [0.2, 0.25) is 0 Å². The molecule has 0 aromatic carbocycles. The van der Waals surface area contributed by atoms with Gasteiger partial charge in [-0.1, -0.05) is 13.8 Å². The van der Waals surface area contributed by atoms with Gasteiger partial charge in [0.05, 0.1) is 5.56 Å². The normalized spacial score (nSPS) is 10.7. The van der Waals surface area contributed by atoms with Crippen molar-refractivity contribution in [3.8, 4) is 0 Å². The number of H-pyrrole nitrogens is 1. The van der Waals surface area contributed by atoms with Crippen molar-refractivity contribution in [2.75, 3.05) is 5.32 Å². The van der Waals surface area contributed by atoms with E-state index >= 15 is 0 Å². The molecule has 0 unspecified atom stereocenters. The molecule has 2 heterocycles. The van der Waals surface area contributed by atoms with Crippen molar-refractivity contribution < 1.29 is 4.79 Å². The van der Waals surface area contributed by atoms with Crippen molar-refractivity contribution in [2.45, 2.75) is 26.7 Å². The molecule has 5 heteroatoms. The molecule has 0 aliphatic rings. The van der Waals surface area contributed by atoms with Crippen molar-refractivity contribution in [2.24, 2.45) is 0 Å². The van der Waals surface area contributed by atoms with E-state index in [0.717, 1.165) is 11.3 Å². The van der Waals surface area contributed by atoms with E-state index in [1.54, 1.807) is 18.5 Å². The number of aromatic nitrogens is 3. The number of nitrogens with zero attached hydrogens (tertiary/aromatic N) is 2. The smallest absolute Gasteiger partial charge is 0.258 e. The minimum absolute atomic E-state index is 0.201. The van der Waals surface area contributed by atoms with Crippen LogP contribution in [0.3, 0.4) is 0 Å². The summed E-state index contributed by atoms with van der Waals surface area (Å²) in [7, 11) is 0. The molecule has 0 bridgehead atoms. The Morgan fingerprint density at radius 2 is 2.11 bits per heavy atom. The first-order valence-corrected chi connectivity index (χ1v) is 5.84. The topological polar surface area (TPSA) is 70.7 Å². The third kappa shape index (κ3) is 2.74. The van der Waals surface area contributed by atoms with Crippen LogP contribution in [-0.2, 0) is 0 Å². The molecule has 2 aromatic rings. The van der Waals surface area contributed by atoms with E-state index < -0.39 is 0 Å². The monoisotopic (exact) mass is 244 g/mol. The lowest BCUT2D eigenvalue weighted by molar-refractivity contribution is 0.102. The summed E-state index contributed by atoms with van der Waals surface area (Å²) in [6.45, 7) is 6.02. The lowest BCUT2D eigenvalue weighted by atomic mass is 10.1. The number of hydrogen-bond donors (Lipinski definition) is 2. The minimum Gasteiger partial charge on any atom is -0.305 e. The Hall–Kier alpha value is -2.17. The molecule has 0 atom stereocenters. The number of carbonyl (C=O) groups is 1. The van der Waals surface area contributed by atoms with Crippen LogP contribution >= 0.6 is 0 Å². The number of rotatable bonds is 3. The van der Waals surface area contributed by atoms with E-state index in [1.807, 2.05) is 13.0 Å². The molecule has 0 radical (unpaired) electrons. The number of carbonyl (C=O) groups excluding carboxylic acids is 1. The van der Waals surface area contributed by atoms with E-state index in [-0.39, 0.29) is 5.91 Å². The Morgan fingerprint density at radius 3 is 2.72 bits per heavy atom. The highest BCUT2D eigenvalue weighted by Gasteiger charge is 2.10. The van der Waals surface area contributed by atoms with Crippen LogP contribution in [0.4, 0.5) is 5.82 Å². The third-order valence-corrected chi connectivity index (χ3v) is 2.60. The Morgan fingerprint density at radius 1 is 1.33 bits per heavy atom. The van der Waals surface area contributed by atoms with Gasteiger partial charge in [-0.05, 0) is 24.5 Å². The predicted octanol–water partition coefficient (Wildman–Crippen LogP) is 2.49. The number of aryl methyl sites for hydroxylation is 1. The van der Waals surface area contributed by atoms with Crippen LogP contribution in [0.2, 0.25) is 0 Å². The molecule has 5 nitrogen and oxygen atoms in total. The van der Waals surface area contributed by atoms with Gasteiger partial charge in [-0.2, -0.15) is 5.10 Å². The molecule has 2 N–H and O–H groups in total. The average Bonchev–Trinajstić information content (AvgIpc) is 2.77. The highest BCUT2D eigenvalue weighted by atomic mass is 16.1. The fraction of sp³-hybridized carbons (Fsp3) is 0.308. The van der Waals surface area contributed by atoms with Gasteiger partial charge in [-0.25, -0.2) is 0 Å². The van der Waals surface area contributed by atoms with Gasteiger partial charge >= 0.3 is 0 Å². The number of anilines is 1. The maximum absolute atomic E-state index is 11.9. The summed E-state index contributed by atoms with van der Waals surface area (Å²) in [5.41, 5.74) is 2.48. The SMILES string of the molecule is Cc1cncc(C(=O)Nc2cc(C(C)C)[nH]n2)c1. The Balaban J connectivity index is 2.11. The largest absolute Gasteiger partial charge is 0.305 e. The maximum Gasteiger partial charge on any atom is 0.258 e. The summed E-state index contributed by atoms with van der Waals surface area (Å²) in [5, 5.41) is 9.68. The zero-order valence-electron chi connectivity index (χ0n) is 10.7. The quantitative estimate of drug-likeness (QED) is 0.871. The number of aromatic amines is 1. The van der Waals surface area contributed by atoms with Crippen molar-refractivity contribution in [3.05, 3.63) is 41.3 Å². The molecule has 0 fully saturated rings. The summed E-state index contributed by atoms with van der Waals surface area (Å²) in [6, 6.07) is 3.63. The molecule has 94 valence electrons. The van der Waals surface area contributed by atoms with Gasteiger partial charge in [-0.3, -0.25) is 14.9 Å². The fourth-order valence-corrected chi connectivity index (χ4v) is 1.56. The zero-order chi connectivity index (χ0) is 13.1. The molecule has 2 rings (SSSR count). The minimum atomic E-state index is -0.201. The Labute approximate surface area is 106 Å². The van der Waals surface area contributed by atoms with Gasteiger partial charge in [-0.15, -0.1) is 0 Å². The highest BCUT2D eigenvalue weighted by molar-refractivity contribution is 6.03. The molecule has 0 saturated carbocycles. The molecule has 0 aliphatic carbocycles. The van der Waals surface area contributed by atoms with Crippen LogP contribution < -0.4 is 5.32 Å². The number of amides is 1. The third-order valence-electron chi connectivity index (χ3n) is 2.60. The lowest BCUT2D eigenvalue weighted by Crippen LogP contribution is -2.12. The first-order chi connectivity index (χ1) is 8.56. The summed E-state index contributed by atoms with van der Waals surface area (Å²) in [4.78, 5) is 15.9. The van der Waals surface area contributed by atoms with Crippen LogP contribution in [0, 0.1) is 6.92 Å². The molecule has 0 spiro atoms. The predicted molar refractivity (Wildman–Crippen MR) is 69.6 cm³/mol. The Bertz CT molecular complexity index is 560. The van der Waals surface area contributed by atoms with Crippen LogP contribution in [0.25, 0.3) is 0 Å². The van der Waals surface area contributed by atoms with Gasteiger partial charge in [0, 0.05) is 24.2 Å². The van der Waals surface area contributed by atoms with Gasteiger partial charge < -0.3 is 5.32 Å². The summed E-state index contributed by atoms with van der Waals surface area (Å²) >= 11 is 0. The molecule has 1 amide bonds. The lowest BCUT2D eigenvalue weighted by Gasteiger charge is -2.02. The summed E-state index contributed by atoms with van der Waals surface area (Å²) in [6.07, 6.45) is 3.25. The zero-order valence-corrected chi connectivity index (χ0v) is 10.7. The molecular weight excluding hydrogens is 228 g/mol. The fourth-order valence-electron chi connectivity index (χ4n) is 1.56. The molecule has 2 aromatic heterocycles. The number of hydrogen-bond acceptors (Lipinski definition) is 3. The standard InChI is InChI=1S/C13H16N4O/c1-8(2)11-5-12(17-16-11)15-13(18)10-4-9(3)6-14-7-10/h4-8H,1-3H3,(H2,15,16,17,18). The van der Waals surface area contributed by atoms with Gasteiger partial charge in [0.15, 0.2) is 5.82 Å². The van der Waals surface area contributed by atoms with Crippen molar-refractivity contribution in [3.63, 3.8) is 0 Å². The first kappa shape index (κ1) is 12.3. The second-order valence-corrected chi connectivity index (χ2v) is 4.57. The second-order valence-electron chi connectivity index (χ2n) is 4.57. The van der Waals surface area contributed by atoms with Crippen LogP contribution in [0.1, 0.15) is 41.4 Å². The maximum atomic E-state index is 11.9. The van der Waals surface area contributed by atoms with E-state index in [1.165, 1.54) is 0 Å². The van der Waals surface area contributed by atoms with Crippen LogP contribution in [-0.4, -0.2) is 21.1 Å². The summed E-state index contributed by atoms with van der Waals surface area (Å²) in [5.74, 6) is 0.682. The van der Waals surface area contributed by atoms with Gasteiger partial charge in [0.1, 0.15) is 0 Å². The van der Waals surface area contributed by atoms with E-state index in [4.69, 9.17) is 0 Å². The second kappa shape index (κ2) is 5.00. The number of pyridine rings is 1. The average molecular weight is 244 g/mol. The Kier molecular flexibility index (Phi) is 3.41. The van der Waals surface area contributed by atoms with E-state index in [2.05, 4.69) is 34.3 Å². The molecular formula is C13H16N4O. The van der Waals surface area contributed by atoms with Crippen LogP contribution in [0.5, 0.6) is 0 Å².